The summed E-state index contributed by atoms with van der Waals surface area (Å²) in [7, 11) is 3.47. The van der Waals surface area contributed by atoms with Crippen molar-refractivity contribution in [3.63, 3.8) is 0 Å². The van der Waals surface area contributed by atoms with Gasteiger partial charge in [-0.05, 0) is 26.2 Å². The van der Waals surface area contributed by atoms with Crippen molar-refractivity contribution in [2.75, 3.05) is 20.8 Å². The molecule has 1 rings (SSSR count). The van der Waals surface area contributed by atoms with E-state index in [1.165, 1.54) is 56.9 Å². The summed E-state index contributed by atoms with van der Waals surface area (Å²) in [6, 6.07) is 0. The number of aliphatic hydroxyl groups is 1. The third-order valence-corrected chi connectivity index (χ3v) is 4.59. The van der Waals surface area contributed by atoms with Gasteiger partial charge in [0.2, 0.25) is 0 Å². The minimum absolute atomic E-state index is 0.344. The van der Waals surface area contributed by atoms with Crippen molar-refractivity contribution in [1.29, 1.82) is 0 Å². The van der Waals surface area contributed by atoms with Gasteiger partial charge in [0.05, 0.1) is 14.2 Å². The van der Waals surface area contributed by atoms with Crippen LogP contribution in [0.4, 0.5) is 0 Å². The number of hydrogen-bond donors (Lipinski definition) is 1. The van der Waals surface area contributed by atoms with Crippen molar-refractivity contribution >= 4 is 0 Å². The zero-order valence-electron chi connectivity index (χ0n) is 14.7. The lowest BCUT2D eigenvalue weighted by Gasteiger charge is -2.22. The van der Waals surface area contributed by atoms with Gasteiger partial charge in [-0.15, -0.1) is 0 Å². The number of unbranched alkanes of at least 4 members (excludes halogenated alkanes) is 7. The maximum absolute atomic E-state index is 8.73. The fraction of sp³-hybridized carbons (Fsp3) is 0.789. The summed E-state index contributed by atoms with van der Waals surface area (Å²) in [6.07, 6.45) is 13.0. The molecule has 0 amide bonds. The van der Waals surface area contributed by atoms with Crippen LogP contribution in [-0.2, 0) is 9.47 Å². The monoisotopic (exact) mass is 310 g/mol. The average Bonchev–Trinajstić information content (AvgIpc) is 2.54. The Hall–Kier alpha value is -0.960. The number of hydrogen-bond acceptors (Lipinski definition) is 3. The zero-order valence-corrected chi connectivity index (χ0v) is 14.7. The molecule has 0 heterocycles. The van der Waals surface area contributed by atoms with Crippen LogP contribution < -0.4 is 0 Å². The smallest absolute Gasteiger partial charge is 0.137 e. The average molecular weight is 310 g/mol. The number of aliphatic hydroxyl groups excluding tert-OH is 1. The van der Waals surface area contributed by atoms with Crippen LogP contribution in [0, 0.1) is 0 Å². The van der Waals surface area contributed by atoms with E-state index in [-0.39, 0.29) is 0 Å². The van der Waals surface area contributed by atoms with Crippen LogP contribution in [0.3, 0.4) is 0 Å². The third kappa shape index (κ3) is 6.87. The van der Waals surface area contributed by atoms with Crippen molar-refractivity contribution in [3.8, 4) is 0 Å². The van der Waals surface area contributed by atoms with Crippen LogP contribution in [0.15, 0.2) is 22.7 Å². The van der Waals surface area contributed by atoms with Gasteiger partial charge >= 0.3 is 0 Å². The van der Waals surface area contributed by atoms with Gasteiger partial charge in [-0.3, -0.25) is 0 Å². The zero-order chi connectivity index (χ0) is 16.2. The van der Waals surface area contributed by atoms with Crippen LogP contribution in [-0.4, -0.2) is 25.9 Å². The molecule has 0 fully saturated rings. The number of ether oxygens (including phenoxy) is 2. The Kier molecular flexibility index (Phi) is 10.1. The number of methoxy groups -OCH3 is 2. The molecule has 128 valence electrons. The summed E-state index contributed by atoms with van der Waals surface area (Å²) < 4.78 is 10.9. The molecule has 3 heteroatoms. The molecule has 1 aliphatic carbocycles. The van der Waals surface area contributed by atoms with E-state index < -0.39 is 0 Å². The molecule has 0 aromatic carbocycles. The predicted octanol–water partition coefficient (Wildman–Crippen LogP) is 5.10. The lowest BCUT2D eigenvalue weighted by Crippen LogP contribution is -2.07. The minimum Gasteiger partial charge on any atom is -0.497 e. The molecule has 0 bridgehead atoms. The molecular formula is C19H34O3. The first kappa shape index (κ1) is 19.1. The first-order chi connectivity index (χ1) is 10.7. The molecule has 3 nitrogen and oxygen atoms in total. The van der Waals surface area contributed by atoms with Gasteiger partial charge in [0, 0.05) is 19.4 Å². The Balaban J connectivity index is 2.15. The molecule has 0 atom stereocenters. The summed E-state index contributed by atoms with van der Waals surface area (Å²) in [5.74, 6) is 2.00. The molecular weight excluding hydrogens is 276 g/mol. The molecule has 0 aromatic heterocycles. The highest BCUT2D eigenvalue weighted by Gasteiger charge is 2.19. The van der Waals surface area contributed by atoms with E-state index in [0.29, 0.717) is 6.61 Å². The highest BCUT2D eigenvalue weighted by Crippen LogP contribution is 2.33. The summed E-state index contributed by atoms with van der Waals surface area (Å²) in [5.41, 5.74) is 3.00. The maximum atomic E-state index is 8.73. The molecule has 1 N–H and O–H groups in total. The van der Waals surface area contributed by atoms with Crippen molar-refractivity contribution in [2.45, 2.75) is 77.6 Å². The van der Waals surface area contributed by atoms with Crippen molar-refractivity contribution in [1.82, 2.24) is 0 Å². The van der Waals surface area contributed by atoms with Gasteiger partial charge in [0.25, 0.3) is 0 Å². The van der Waals surface area contributed by atoms with Crippen LogP contribution in [0.1, 0.15) is 77.6 Å². The highest BCUT2D eigenvalue weighted by atomic mass is 16.5. The summed E-state index contributed by atoms with van der Waals surface area (Å²) >= 11 is 0. The van der Waals surface area contributed by atoms with E-state index in [2.05, 4.69) is 6.92 Å². The van der Waals surface area contributed by atoms with E-state index in [1.54, 1.807) is 19.8 Å². The fourth-order valence-corrected chi connectivity index (χ4v) is 3.09. The van der Waals surface area contributed by atoms with E-state index in [9.17, 15) is 0 Å². The Morgan fingerprint density at radius 2 is 1.27 bits per heavy atom. The molecule has 1 aliphatic rings. The summed E-state index contributed by atoms with van der Waals surface area (Å²) in [5, 5.41) is 8.73. The van der Waals surface area contributed by atoms with E-state index in [0.717, 1.165) is 30.8 Å². The topological polar surface area (TPSA) is 38.7 Å². The van der Waals surface area contributed by atoms with Crippen LogP contribution in [0.2, 0.25) is 0 Å². The van der Waals surface area contributed by atoms with Gasteiger partial charge in [-0.1, -0.05) is 49.7 Å². The van der Waals surface area contributed by atoms with Gasteiger partial charge in [-0.25, -0.2) is 0 Å². The van der Waals surface area contributed by atoms with Gasteiger partial charge in [0.1, 0.15) is 11.5 Å². The van der Waals surface area contributed by atoms with Crippen molar-refractivity contribution in [3.05, 3.63) is 22.7 Å². The molecule has 0 aromatic rings. The Morgan fingerprint density at radius 3 is 1.82 bits per heavy atom. The summed E-state index contributed by atoms with van der Waals surface area (Å²) in [6.45, 7) is 2.57. The third-order valence-electron chi connectivity index (χ3n) is 4.59. The van der Waals surface area contributed by atoms with Gasteiger partial charge < -0.3 is 14.6 Å². The van der Waals surface area contributed by atoms with Gasteiger partial charge in [0.15, 0.2) is 0 Å². The van der Waals surface area contributed by atoms with Crippen LogP contribution in [0.25, 0.3) is 0 Å². The lowest BCUT2D eigenvalue weighted by atomic mass is 9.91. The largest absolute Gasteiger partial charge is 0.497 e. The number of rotatable bonds is 12. The molecule has 0 aliphatic heterocycles. The second-order valence-corrected chi connectivity index (χ2v) is 6.29. The quantitative estimate of drug-likeness (QED) is 0.402. The Morgan fingerprint density at radius 1 is 0.773 bits per heavy atom. The second-order valence-electron chi connectivity index (χ2n) is 6.29. The van der Waals surface area contributed by atoms with E-state index in [4.69, 9.17) is 14.6 Å². The van der Waals surface area contributed by atoms with E-state index >= 15 is 0 Å². The van der Waals surface area contributed by atoms with Crippen molar-refractivity contribution in [2.24, 2.45) is 0 Å². The van der Waals surface area contributed by atoms with Crippen LogP contribution >= 0.6 is 0 Å². The highest BCUT2D eigenvalue weighted by molar-refractivity contribution is 5.28. The van der Waals surface area contributed by atoms with E-state index in [1.807, 2.05) is 0 Å². The van der Waals surface area contributed by atoms with Gasteiger partial charge in [-0.2, -0.15) is 0 Å². The minimum atomic E-state index is 0.344. The summed E-state index contributed by atoms with van der Waals surface area (Å²) in [4.78, 5) is 0. The molecule has 0 saturated carbocycles. The first-order valence-corrected chi connectivity index (χ1v) is 8.81. The molecule has 22 heavy (non-hydrogen) atoms. The Labute approximate surface area is 136 Å². The Bertz CT molecular complexity index is 369. The predicted molar refractivity (Wildman–Crippen MR) is 91.6 cm³/mol. The van der Waals surface area contributed by atoms with Crippen molar-refractivity contribution < 1.29 is 14.6 Å². The maximum Gasteiger partial charge on any atom is 0.137 e. The first-order valence-electron chi connectivity index (χ1n) is 8.81. The molecule has 0 unspecified atom stereocenters. The molecule has 0 saturated heterocycles. The molecule has 0 spiro atoms. The normalized spacial score (nSPS) is 15.5. The fourth-order valence-electron chi connectivity index (χ4n) is 3.09. The van der Waals surface area contributed by atoms with Crippen LogP contribution in [0.5, 0.6) is 0 Å². The number of allylic oxidation sites excluding steroid dienone is 2. The molecule has 0 radical (unpaired) electrons. The lowest BCUT2D eigenvalue weighted by molar-refractivity contribution is 0.206. The SMILES string of the molecule is COC1=C(OC)CC(CCCCCCCCCCO)=C(C)C1. The standard InChI is InChI=1S/C19H34O3/c1-16-14-18(21-2)19(22-3)15-17(16)12-10-8-6-4-5-7-9-11-13-20/h20H,4-15H2,1-3H3. The second kappa shape index (κ2) is 11.6.